The molecule has 300 valence electrons. The Bertz CT molecular complexity index is 1630. The molecule has 7 aliphatic carbocycles. The first kappa shape index (κ1) is 37.1. The van der Waals surface area contributed by atoms with Crippen LogP contribution in [0, 0.1) is 69.5 Å². The van der Waals surface area contributed by atoms with Crippen molar-refractivity contribution < 1.29 is 40.0 Å². The van der Waals surface area contributed by atoms with Crippen LogP contribution in [0.15, 0.2) is 23.3 Å². The molecule has 8 N–H and O–H groups in total. The predicted octanol–water partition coefficient (Wildman–Crippen LogP) is 3.76. The third kappa shape index (κ3) is 4.65. The van der Waals surface area contributed by atoms with Gasteiger partial charge in [0.1, 0.15) is 24.0 Å². The lowest BCUT2D eigenvalue weighted by Gasteiger charge is -2.71. The molecule has 0 aromatic carbocycles. The minimum atomic E-state index is -1.29. The Morgan fingerprint density at radius 1 is 1.09 bits per heavy atom. The Morgan fingerprint density at radius 2 is 1.91 bits per heavy atom. The van der Waals surface area contributed by atoms with Crippen LogP contribution in [0.25, 0.3) is 0 Å². The number of nitrogens with two attached hydrogens (primary N) is 2. The van der Waals surface area contributed by atoms with Gasteiger partial charge in [0.15, 0.2) is 5.78 Å². The molecular weight excluding hydrogens is 681 g/mol. The monoisotopic (exact) mass is 750 g/mol. The Labute approximate surface area is 322 Å². The van der Waals surface area contributed by atoms with Crippen LogP contribution in [0.2, 0.25) is 0 Å². The van der Waals surface area contributed by atoms with E-state index in [-0.39, 0.29) is 59.7 Å². The lowest BCUT2D eigenvalue weighted by Crippen LogP contribution is -2.94. The molecule has 3 heterocycles. The summed E-state index contributed by atoms with van der Waals surface area (Å²) in [6.45, 7) is 10.1. The van der Waals surface area contributed by atoms with E-state index >= 15 is 0 Å². The van der Waals surface area contributed by atoms with Crippen molar-refractivity contribution in [3.8, 4) is 0 Å². The number of epoxide rings is 1. The lowest BCUT2D eigenvalue weighted by atomic mass is 9.33. The van der Waals surface area contributed by atoms with Crippen LogP contribution < -0.4 is 11.1 Å². The van der Waals surface area contributed by atoms with Gasteiger partial charge in [0, 0.05) is 29.8 Å². The van der Waals surface area contributed by atoms with Crippen molar-refractivity contribution in [3.63, 3.8) is 0 Å². The van der Waals surface area contributed by atoms with Crippen molar-refractivity contribution in [3.05, 3.63) is 23.3 Å². The van der Waals surface area contributed by atoms with Gasteiger partial charge in [-0.1, -0.05) is 32.9 Å². The van der Waals surface area contributed by atoms with Crippen LogP contribution in [0.1, 0.15) is 118 Å². The highest BCUT2D eigenvalue weighted by Crippen LogP contribution is 2.79. The second-order valence-corrected chi connectivity index (χ2v) is 21.7. The quantitative estimate of drug-likeness (QED) is 0.162. The first-order chi connectivity index (χ1) is 25.6. The Kier molecular flexibility index (Phi) is 8.38. The summed E-state index contributed by atoms with van der Waals surface area (Å²) < 4.78 is 14.0. The molecule has 7 fully saturated rings. The fourth-order valence-electron chi connectivity index (χ4n) is 16.5. The summed E-state index contributed by atoms with van der Waals surface area (Å²) >= 11 is 0. The van der Waals surface area contributed by atoms with E-state index in [1.165, 1.54) is 0 Å². The van der Waals surface area contributed by atoms with E-state index in [0.29, 0.717) is 43.1 Å². The number of carbonyl (C=O) groups excluding carboxylic acids is 1. The average Bonchev–Trinajstić information content (AvgIpc) is 3.91. The molecule has 1 spiro atoms. The molecule has 0 aromatic heterocycles. The molecule has 9 heteroatoms. The fraction of sp³-hybridized carbons (Fsp3) is 0.889. The molecule has 0 radical (unpaired) electrons. The normalized spacial score (nSPS) is 55.1. The van der Waals surface area contributed by atoms with Crippen LogP contribution in [0.5, 0.6) is 0 Å². The highest BCUT2D eigenvalue weighted by Gasteiger charge is 2.80. The van der Waals surface area contributed by atoms with Crippen LogP contribution in [0.4, 0.5) is 0 Å². The standard InChI is InChI=1S/C45H68N2O7/c1-24-11-15-53-44(21-24,39-38(54-39)42(4,51)40(2,23-48)13-9-25-10-14-47-34(46)16-25)33-18-28-7-8-30-36-35-27(22-41(33,3)45(28,36)52)17-26-6-5-12-43(35)31(26)19-29(49)20-32(43)37(30)50/h5-6,24-29,31-35,38-39,47-49,51-52H,7-23,46H2,1-4H3/p+1. The van der Waals surface area contributed by atoms with E-state index in [1.807, 2.05) is 13.8 Å². The summed E-state index contributed by atoms with van der Waals surface area (Å²) in [5.41, 5.74) is 3.75. The Morgan fingerprint density at radius 3 is 2.67 bits per heavy atom. The van der Waals surface area contributed by atoms with Crippen LogP contribution in [-0.4, -0.2) is 87.2 Å². The van der Waals surface area contributed by atoms with Gasteiger partial charge in [-0.05, 0) is 154 Å². The molecule has 0 aromatic rings. The number of ketones is 1. The molecule has 0 amide bonds. The number of hydrogen-bond donors (Lipinski definition) is 6. The molecule has 54 heavy (non-hydrogen) atoms. The molecule has 9 nitrogen and oxygen atoms in total. The van der Waals surface area contributed by atoms with Gasteiger partial charge in [-0.15, -0.1) is 0 Å². The number of piperidine rings is 1. The molecule has 4 saturated carbocycles. The predicted molar refractivity (Wildman–Crippen MR) is 202 cm³/mol. The van der Waals surface area contributed by atoms with Crippen LogP contribution in [-0.2, 0) is 14.3 Å². The van der Waals surface area contributed by atoms with Crippen molar-refractivity contribution in [1.82, 2.24) is 0 Å². The Balaban J connectivity index is 1.03. The zero-order valence-corrected chi connectivity index (χ0v) is 33.3. The third-order valence-electron chi connectivity index (χ3n) is 19.3. The number of ether oxygens (including phenoxy) is 2. The molecule has 10 aliphatic rings. The van der Waals surface area contributed by atoms with E-state index in [0.717, 1.165) is 94.7 Å². The van der Waals surface area contributed by atoms with Crippen molar-refractivity contribution in [2.45, 2.75) is 159 Å². The van der Waals surface area contributed by atoms with E-state index in [9.17, 15) is 25.2 Å². The maximum Gasteiger partial charge on any atom is 0.162 e. The minimum absolute atomic E-state index is 0.00619. The van der Waals surface area contributed by atoms with E-state index in [2.05, 4.69) is 31.3 Å². The van der Waals surface area contributed by atoms with Gasteiger partial charge < -0.3 is 35.2 Å². The number of quaternary nitrogens is 1. The fourth-order valence-corrected chi connectivity index (χ4v) is 16.5. The van der Waals surface area contributed by atoms with Gasteiger partial charge >= 0.3 is 0 Å². The van der Waals surface area contributed by atoms with Crippen molar-refractivity contribution in [2.24, 2.45) is 75.2 Å². The molecule has 10 rings (SSSR count). The molecule has 2 bridgehead atoms. The van der Waals surface area contributed by atoms with Gasteiger partial charge in [-0.2, -0.15) is 0 Å². The van der Waals surface area contributed by atoms with Gasteiger partial charge in [0.2, 0.25) is 0 Å². The van der Waals surface area contributed by atoms with E-state index in [1.54, 1.807) is 0 Å². The third-order valence-corrected chi connectivity index (χ3v) is 19.3. The second-order valence-electron chi connectivity index (χ2n) is 21.7. The number of rotatable bonds is 8. The molecule has 19 atom stereocenters. The van der Waals surface area contributed by atoms with Crippen molar-refractivity contribution in [1.29, 1.82) is 0 Å². The highest BCUT2D eigenvalue weighted by atomic mass is 16.6. The van der Waals surface area contributed by atoms with E-state index in [4.69, 9.17) is 15.2 Å². The summed E-state index contributed by atoms with van der Waals surface area (Å²) in [7, 11) is 0. The first-order valence-corrected chi connectivity index (χ1v) is 22.2. The minimum Gasteiger partial charge on any atom is -0.396 e. The van der Waals surface area contributed by atoms with Crippen LogP contribution in [0.3, 0.4) is 0 Å². The van der Waals surface area contributed by atoms with Gasteiger partial charge in [0.25, 0.3) is 0 Å². The SMILES string of the molecule is CC1CCOC(C2OC2C(C)(O)C(C)(CO)CCC2CC[NH2+]C(N)C2)(C2CC3CCC4=C5C6C(CC7C=CCC68C(CC(O)CC78)C4=O)CC2(C)C53O)C1. The molecule has 19 unspecified atom stereocenters. The maximum atomic E-state index is 14.9. The number of carbonyl (C=O) groups is 1. The zero-order valence-electron chi connectivity index (χ0n) is 33.3. The topological polar surface area (TPSA) is 162 Å². The summed E-state index contributed by atoms with van der Waals surface area (Å²) in [5, 5.41) is 50.9. The molecule has 3 saturated heterocycles. The van der Waals surface area contributed by atoms with Crippen LogP contribution >= 0.6 is 0 Å². The van der Waals surface area contributed by atoms with E-state index < -0.39 is 39.8 Å². The summed E-state index contributed by atoms with van der Waals surface area (Å²) in [4.78, 5) is 14.9. The summed E-state index contributed by atoms with van der Waals surface area (Å²) in [6, 6.07) is 0. The highest BCUT2D eigenvalue weighted by molar-refractivity contribution is 6.01. The second kappa shape index (κ2) is 12.2. The average molecular weight is 750 g/mol. The molecule has 3 aliphatic heterocycles. The largest absolute Gasteiger partial charge is 0.396 e. The van der Waals surface area contributed by atoms with Gasteiger partial charge in [-0.3, -0.25) is 10.5 Å². The lowest BCUT2D eigenvalue weighted by molar-refractivity contribution is -0.699. The maximum absolute atomic E-state index is 14.9. The summed E-state index contributed by atoms with van der Waals surface area (Å²) in [6.07, 6.45) is 15.6. The number of aliphatic hydroxyl groups excluding tert-OH is 2. The number of hydrogen-bond acceptors (Lipinski definition) is 8. The number of allylic oxidation sites excluding steroid dienone is 3. The van der Waals surface area contributed by atoms with Crippen molar-refractivity contribution >= 4 is 5.78 Å². The van der Waals surface area contributed by atoms with Crippen molar-refractivity contribution in [2.75, 3.05) is 19.8 Å². The number of aliphatic hydroxyl groups is 4. The molecular formula is C45H69N2O7+. The zero-order chi connectivity index (χ0) is 37.8. The number of Topliss-reactive ketones (excluding diaryl/α,β-unsaturated/α-hetero) is 1. The Hall–Kier alpha value is -1.17. The van der Waals surface area contributed by atoms with Gasteiger partial charge in [-0.25, -0.2) is 0 Å². The summed E-state index contributed by atoms with van der Waals surface area (Å²) in [5.74, 6) is 2.17. The first-order valence-electron chi connectivity index (χ1n) is 22.2. The smallest absolute Gasteiger partial charge is 0.162 e. The van der Waals surface area contributed by atoms with Gasteiger partial charge in [0.05, 0.1) is 30.5 Å².